The van der Waals surface area contributed by atoms with E-state index in [1.165, 1.54) is 9.48 Å². The number of allylic oxidation sites excluding steroid dienone is 1. The standard InChI is InChI=1S/C18H20N3O3/c1-4-13-10-19-16-14(15(13)24-3)17(22)21(18(23)20(16)2)11-12-8-6-5-7-9-12/h5-10,14H,4,11H2,1-3H3/q+1. The lowest BCUT2D eigenvalue weighted by Gasteiger charge is -2.29. The van der Waals surface area contributed by atoms with Crippen molar-refractivity contribution in [2.45, 2.75) is 19.9 Å². The van der Waals surface area contributed by atoms with Crippen LogP contribution in [0.3, 0.4) is 0 Å². The Bertz CT molecular complexity index is 778. The summed E-state index contributed by atoms with van der Waals surface area (Å²) in [6, 6.07) is 9.08. The summed E-state index contributed by atoms with van der Waals surface area (Å²) in [5, 5.41) is 0. The highest BCUT2D eigenvalue weighted by atomic mass is 16.5. The number of benzene rings is 1. The number of urea groups is 1. The molecule has 24 heavy (non-hydrogen) atoms. The molecule has 2 aliphatic rings. The van der Waals surface area contributed by atoms with Crippen LogP contribution >= 0.6 is 0 Å². The van der Waals surface area contributed by atoms with Crippen LogP contribution in [0, 0.1) is 5.92 Å². The second-order valence-electron chi connectivity index (χ2n) is 5.75. The van der Waals surface area contributed by atoms with E-state index < -0.39 is 5.92 Å². The molecular formula is C18H20N3O3+. The lowest BCUT2D eigenvalue weighted by atomic mass is 9.94. The van der Waals surface area contributed by atoms with Gasteiger partial charge in [0.15, 0.2) is 5.92 Å². The van der Waals surface area contributed by atoms with Crippen molar-refractivity contribution in [1.29, 1.82) is 0 Å². The molecule has 1 aromatic carbocycles. The van der Waals surface area contributed by atoms with Gasteiger partial charge in [-0.15, -0.1) is 4.99 Å². The molecular weight excluding hydrogens is 306 g/mol. The van der Waals surface area contributed by atoms with Crippen molar-refractivity contribution in [3.63, 3.8) is 0 Å². The molecule has 3 amide bonds. The van der Waals surface area contributed by atoms with Crippen molar-refractivity contribution in [2.24, 2.45) is 10.9 Å². The van der Waals surface area contributed by atoms with Crippen LogP contribution < -0.4 is 0 Å². The van der Waals surface area contributed by atoms with E-state index in [1.807, 2.05) is 37.3 Å². The SMILES string of the molecule is CCC1=C(OC)C2C(=O)N(Cc3ccccc3)C(=O)[N+](C)=C2N=C1. The number of rotatable bonds is 4. The second-order valence-corrected chi connectivity index (χ2v) is 5.75. The van der Waals surface area contributed by atoms with Crippen LogP contribution in [0.25, 0.3) is 0 Å². The molecule has 3 rings (SSSR count). The Balaban J connectivity index is 2.03. The normalized spacial score (nSPS) is 20.6. The molecule has 0 aliphatic carbocycles. The Morgan fingerprint density at radius 2 is 1.96 bits per heavy atom. The first kappa shape index (κ1) is 16.1. The van der Waals surface area contributed by atoms with Gasteiger partial charge in [-0.25, -0.2) is 4.79 Å². The highest BCUT2D eigenvalue weighted by molar-refractivity contribution is 6.16. The zero-order valence-corrected chi connectivity index (χ0v) is 14.0. The summed E-state index contributed by atoms with van der Waals surface area (Å²) in [4.78, 5) is 31.2. The van der Waals surface area contributed by atoms with Gasteiger partial charge in [0.1, 0.15) is 18.5 Å². The molecule has 0 aromatic heterocycles. The van der Waals surface area contributed by atoms with Crippen LogP contribution in [0.5, 0.6) is 0 Å². The van der Waals surface area contributed by atoms with Crippen LogP contribution in [0.2, 0.25) is 0 Å². The zero-order chi connectivity index (χ0) is 17.3. The van der Waals surface area contributed by atoms with Crippen molar-refractivity contribution >= 4 is 24.0 Å². The molecule has 2 aliphatic heterocycles. The van der Waals surface area contributed by atoms with Gasteiger partial charge in [0.25, 0.3) is 5.84 Å². The number of hydrogen-bond donors (Lipinski definition) is 0. The van der Waals surface area contributed by atoms with E-state index in [9.17, 15) is 9.59 Å². The van der Waals surface area contributed by atoms with Crippen LogP contribution in [0.15, 0.2) is 46.7 Å². The quantitative estimate of drug-likeness (QED) is 0.797. The molecule has 0 saturated carbocycles. The number of fused-ring (bicyclic) bond motifs is 1. The van der Waals surface area contributed by atoms with Gasteiger partial charge in [0.05, 0.1) is 14.2 Å². The van der Waals surface area contributed by atoms with Gasteiger partial charge in [0, 0.05) is 5.57 Å². The van der Waals surface area contributed by atoms with E-state index in [4.69, 9.17) is 4.74 Å². The molecule has 6 heteroatoms. The Labute approximate surface area is 140 Å². The van der Waals surface area contributed by atoms with Gasteiger partial charge in [-0.2, -0.15) is 9.48 Å². The number of amidine groups is 1. The number of hydrogen-bond acceptors (Lipinski definition) is 4. The van der Waals surface area contributed by atoms with Crippen molar-refractivity contribution in [1.82, 2.24) is 4.90 Å². The Kier molecular flexibility index (Phi) is 4.29. The van der Waals surface area contributed by atoms with E-state index in [2.05, 4.69) is 4.99 Å². The molecule has 1 aromatic rings. The summed E-state index contributed by atoms with van der Waals surface area (Å²) in [7, 11) is 3.18. The number of amides is 3. The van der Waals surface area contributed by atoms with E-state index in [0.29, 0.717) is 18.0 Å². The first-order valence-corrected chi connectivity index (χ1v) is 7.89. The molecule has 2 heterocycles. The average molecular weight is 326 g/mol. The molecule has 0 saturated heterocycles. The maximum absolute atomic E-state index is 13.0. The molecule has 0 radical (unpaired) electrons. The third-order valence-electron chi connectivity index (χ3n) is 4.35. The Morgan fingerprint density at radius 1 is 1.25 bits per heavy atom. The fourth-order valence-corrected chi connectivity index (χ4v) is 3.04. The summed E-state index contributed by atoms with van der Waals surface area (Å²) in [5.74, 6) is 0.0336. The zero-order valence-electron chi connectivity index (χ0n) is 14.0. The topological polar surface area (TPSA) is 62.0 Å². The van der Waals surface area contributed by atoms with Crippen molar-refractivity contribution < 1.29 is 18.9 Å². The van der Waals surface area contributed by atoms with Crippen LogP contribution in [-0.2, 0) is 16.1 Å². The summed E-state index contributed by atoms with van der Waals surface area (Å²) in [6.07, 6.45) is 2.38. The smallest absolute Gasteiger partial charge is 0.445 e. The lowest BCUT2D eigenvalue weighted by Crippen LogP contribution is -2.54. The number of imide groups is 1. The molecule has 0 N–H and O–H groups in total. The average Bonchev–Trinajstić information content (AvgIpc) is 2.62. The van der Waals surface area contributed by atoms with Crippen LogP contribution in [0.4, 0.5) is 4.79 Å². The minimum absolute atomic E-state index is 0.231. The monoisotopic (exact) mass is 326 g/mol. The number of methoxy groups -OCH3 is 1. The molecule has 1 unspecified atom stereocenters. The molecule has 0 bridgehead atoms. The summed E-state index contributed by atoms with van der Waals surface area (Å²) in [6.45, 7) is 2.21. The maximum atomic E-state index is 13.0. The molecule has 0 fully saturated rings. The lowest BCUT2D eigenvalue weighted by molar-refractivity contribution is -0.409. The van der Waals surface area contributed by atoms with Gasteiger partial charge in [0.2, 0.25) is 0 Å². The van der Waals surface area contributed by atoms with Gasteiger partial charge < -0.3 is 4.74 Å². The van der Waals surface area contributed by atoms with E-state index >= 15 is 0 Å². The fraction of sp³-hybridized carbons (Fsp3) is 0.333. The molecule has 0 spiro atoms. The minimum Gasteiger partial charge on any atom is -0.499 e. The predicted molar refractivity (Wildman–Crippen MR) is 89.9 cm³/mol. The van der Waals surface area contributed by atoms with Gasteiger partial charge >= 0.3 is 11.9 Å². The minimum atomic E-state index is -0.665. The third kappa shape index (κ3) is 2.54. The van der Waals surface area contributed by atoms with Crippen molar-refractivity contribution in [3.8, 4) is 0 Å². The maximum Gasteiger partial charge on any atom is 0.445 e. The van der Waals surface area contributed by atoms with Crippen molar-refractivity contribution in [2.75, 3.05) is 14.2 Å². The Hall–Kier alpha value is -2.76. The summed E-state index contributed by atoms with van der Waals surface area (Å²) >= 11 is 0. The number of dihydropyridines is 1. The number of carbonyl (C=O) groups excluding carboxylic acids is 2. The van der Waals surface area contributed by atoms with Gasteiger partial charge in [-0.05, 0) is 12.0 Å². The number of aliphatic imine (C=N–C) groups is 1. The fourth-order valence-electron chi connectivity index (χ4n) is 3.04. The van der Waals surface area contributed by atoms with E-state index in [0.717, 1.165) is 11.1 Å². The van der Waals surface area contributed by atoms with Crippen LogP contribution in [-0.4, -0.2) is 47.6 Å². The largest absolute Gasteiger partial charge is 0.499 e. The molecule has 1 atom stereocenters. The highest BCUT2D eigenvalue weighted by Gasteiger charge is 2.50. The van der Waals surface area contributed by atoms with Crippen LogP contribution in [0.1, 0.15) is 18.9 Å². The first-order chi connectivity index (χ1) is 11.6. The van der Waals surface area contributed by atoms with Gasteiger partial charge in [-0.1, -0.05) is 37.3 Å². The van der Waals surface area contributed by atoms with Gasteiger partial charge in [-0.3, -0.25) is 4.79 Å². The predicted octanol–water partition coefficient (Wildman–Crippen LogP) is 2.20. The highest BCUT2D eigenvalue weighted by Crippen LogP contribution is 2.29. The molecule has 124 valence electrons. The van der Waals surface area contributed by atoms with Crippen molar-refractivity contribution in [3.05, 3.63) is 47.2 Å². The molecule has 6 nitrogen and oxygen atoms in total. The Morgan fingerprint density at radius 3 is 2.58 bits per heavy atom. The second kappa shape index (κ2) is 6.39. The third-order valence-corrected chi connectivity index (χ3v) is 4.35. The number of ether oxygens (including phenoxy) is 1. The number of carbonyl (C=O) groups is 2. The van der Waals surface area contributed by atoms with E-state index in [1.54, 1.807) is 20.4 Å². The summed E-state index contributed by atoms with van der Waals surface area (Å²) in [5.41, 5.74) is 1.77. The first-order valence-electron chi connectivity index (χ1n) is 7.89. The summed E-state index contributed by atoms with van der Waals surface area (Å²) < 4.78 is 6.93. The number of nitrogens with zero attached hydrogens (tertiary/aromatic N) is 3. The van der Waals surface area contributed by atoms with E-state index in [-0.39, 0.29) is 18.5 Å².